The fraction of sp³-hybridized carbons (Fsp3) is 0.267. The molecule has 1 aliphatic carbocycles. The van der Waals surface area contributed by atoms with E-state index < -0.39 is 17.5 Å². The smallest absolute Gasteiger partial charge is 0.268 e. The van der Waals surface area contributed by atoms with E-state index in [0.29, 0.717) is 26.0 Å². The molecular formula is C30H31Br2F2N7O2. The Morgan fingerprint density at radius 1 is 1.07 bits per heavy atom. The number of nitrogens with zero attached hydrogens (tertiary/aromatic N) is 3. The molecule has 6 N–H and O–H groups in total. The van der Waals surface area contributed by atoms with Gasteiger partial charge in [-0.1, -0.05) is 44.0 Å². The number of nitrogens with two attached hydrogens (primary N) is 2. The van der Waals surface area contributed by atoms with E-state index in [1.165, 1.54) is 42.8 Å². The number of halogens is 4. The van der Waals surface area contributed by atoms with Crippen LogP contribution in [0.2, 0.25) is 0 Å². The van der Waals surface area contributed by atoms with Gasteiger partial charge in [-0.25, -0.2) is 19.6 Å². The number of aromatic nitrogens is 2. The van der Waals surface area contributed by atoms with Crippen LogP contribution < -0.4 is 26.9 Å². The summed E-state index contributed by atoms with van der Waals surface area (Å²) in [5, 5.41) is 6.98. The monoisotopic (exact) mass is 717 g/mol. The maximum absolute atomic E-state index is 15.4. The predicted octanol–water partition coefficient (Wildman–Crippen LogP) is 5.11. The van der Waals surface area contributed by atoms with E-state index in [1.54, 1.807) is 18.2 Å². The molecule has 9 nitrogen and oxygen atoms in total. The van der Waals surface area contributed by atoms with Gasteiger partial charge >= 0.3 is 0 Å². The molecule has 1 amide bonds. The van der Waals surface area contributed by atoms with E-state index in [1.807, 2.05) is 16.7 Å². The summed E-state index contributed by atoms with van der Waals surface area (Å²) in [6.07, 6.45) is 7.74. The van der Waals surface area contributed by atoms with Crippen LogP contribution >= 0.6 is 31.9 Å². The molecule has 5 rings (SSSR count). The summed E-state index contributed by atoms with van der Waals surface area (Å²) in [4.78, 5) is 17.3. The number of methoxy groups -OCH3 is 1. The molecule has 2 aromatic heterocycles. The number of fused-ring (bicyclic) bond motifs is 1. The standard InChI is InChI=1S/C30H31Br2F2N7O2/c1-43-26-8-7-24(32)21(29(26)34)11-37-10-18-4-6-23(31)22(28(18)33)12-38-30(42)25(35)16-41(36)15-20-14-40-13-19(17-2-3-17)5-9-27(40)39-20/h4-9,13-14,16-17,37H,2-3,10-12,15,35-36H2,1H3,(H,38,42)/b25-16-. The Hall–Kier alpha value is -3.52. The van der Waals surface area contributed by atoms with E-state index in [2.05, 4.69) is 59.7 Å². The van der Waals surface area contributed by atoms with Gasteiger partial charge in [0.05, 0.1) is 19.3 Å². The van der Waals surface area contributed by atoms with Gasteiger partial charge < -0.3 is 30.5 Å². The highest BCUT2D eigenvalue weighted by molar-refractivity contribution is 9.10. The second-order valence-corrected chi connectivity index (χ2v) is 12.0. The Morgan fingerprint density at radius 2 is 1.79 bits per heavy atom. The molecule has 1 aliphatic rings. The third-order valence-corrected chi connectivity index (χ3v) is 8.65. The molecule has 0 spiro atoms. The van der Waals surface area contributed by atoms with Gasteiger partial charge in [-0.15, -0.1) is 0 Å². The number of benzene rings is 2. The topological polar surface area (TPSA) is 123 Å². The minimum Gasteiger partial charge on any atom is -0.494 e. The quantitative estimate of drug-likeness (QED) is 0.0913. The Morgan fingerprint density at radius 3 is 2.51 bits per heavy atom. The van der Waals surface area contributed by atoms with E-state index in [0.717, 1.165) is 11.3 Å². The minimum atomic E-state index is -0.604. The molecule has 4 aromatic rings. The molecule has 1 fully saturated rings. The van der Waals surface area contributed by atoms with Gasteiger partial charge in [0.25, 0.3) is 5.91 Å². The van der Waals surface area contributed by atoms with E-state index >= 15 is 4.39 Å². The first kappa shape index (κ1) is 30.9. The molecule has 0 bridgehead atoms. The van der Waals surface area contributed by atoms with Gasteiger partial charge in [0.2, 0.25) is 0 Å². The Bertz CT molecular complexity index is 1690. The summed E-state index contributed by atoms with van der Waals surface area (Å²) in [5.41, 5.74) is 9.63. The van der Waals surface area contributed by atoms with Crippen LogP contribution in [0.3, 0.4) is 0 Å². The van der Waals surface area contributed by atoms with Gasteiger partial charge in [-0.05, 0) is 48.6 Å². The third kappa shape index (κ3) is 7.35. The number of imidazole rings is 1. The number of ether oxygens (including phenoxy) is 1. The van der Waals surface area contributed by atoms with Crippen molar-refractivity contribution in [2.45, 2.75) is 44.9 Å². The summed E-state index contributed by atoms with van der Waals surface area (Å²) in [7, 11) is 1.39. The summed E-state index contributed by atoms with van der Waals surface area (Å²) in [5.74, 6) is 5.24. The number of hydrazine groups is 1. The second-order valence-electron chi connectivity index (χ2n) is 10.3. The molecule has 43 heavy (non-hydrogen) atoms. The van der Waals surface area contributed by atoms with E-state index in [4.69, 9.17) is 16.3 Å². The fourth-order valence-corrected chi connectivity index (χ4v) is 5.59. The molecule has 0 saturated heterocycles. The van der Waals surface area contributed by atoms with Crippen molar-refractivity contribution in [3.8, 4) is 5.75 Å². The zero-order chi connectivity index (χ0) is 30.7. The van der Waals surface area contributed by atoms with Crippen LogP contribution in [0.5, 0.6) is 5.75 Å². The molecule has 226 valence electrons. The van der Waals surface area contributed by atoms with Gasteiger partial charge in [0.1, 0.15) is 17.2 Å². The summed E-state index contributed by atoms with van der Waals surface area (Å²) in [6, 6.07) is 10.6. The lowest BCUT2D eigenvalue weighted by Crippen LogP contribution is -2.33. The van der Waals surface area contributed by atoms with Crippen molar-refractivity contribution < 1.29 is 18.3 Å². The van der Waals surface area contributed by atoms with Crippen LogP contribution in [0, 0.1) is 11.6 Å². The molecule has 0 aliphatic heterocycles. The number of hydrogen-bond donors (Lipinski definition) is 4. The highest BCUT2D eigenvalue weighted by Crippen LogP contribution is 2.39. The van der Waals surface area contributed by atoms with Crippen LogP contribution in [0.1, 0.15) is 46.7 Å². The molecule has 13 heteroatoms. The first-order valence-electron chi connectivity index (χ1n) is 13.6. The zero-order valence-corrected chi connectivity index (χ0v) is 26.5. The summed E-state index contributed by atoms with van der Waals surface area (Å²) in [6.45, 7) is 0.376. The van der Waals surface area contributed by atoms with Crippen LogP contribution in [0.15, 0.2) is 69.6 Å². The number of nitrogens with one attached hydrogen (secondary N) is 2. The SMILES string of the molecule is COc1ccc(Br)c(CNCc2ccc(Br)c(CNC(=O)/C(N)=C/N(N)Cc3cn4cc(C5CC5)ccc4n3)c2F)c1F. The second kappa shape index (κ2) is 13.4. The summed E-state index contributed by atoms with van der Waals surface area (Å²) < 4.78 is 38.1. The highest BCUT2D eigenvalue weighted by atomic mass is 79.9. The lowest BCUT2D eigenvalue weighted by molar-refractivity contribution is -0.117. The Kier molecular flexibility index (Phi) is 9.65. The van der Waals surface area contributed by atoms with Crippen molar-refractivity contribution in [1.82, 2.24) is 25.0 Å². The van der Waals surface area contributed by atoms with Gasteiger partial charge in [-0.2, -0.15) is 0 Å². The maximum Gasteiger partial charge on any atom is 0.268 e. The van der Waals surface area contributed by atoms with Gasteiger partial charge in [0.15, 0.2) is 11.6 Å². The largest absolute Gasteiger partial charge is 0.494 e. The van der Waals surface area contributed by atoms with Crippen LogP contribution in [-0.4, -0.2) is 27.4 Å². The number of carbonyl (C=O) groups is 1. The Balaban J connectivity index is 1.17. The summed E-state index contributed by atoms with van der Waals surface area (Å²) >= 11 is 6.69. The number of carbonyl (C=O) groups excluding carboxylic acids is 1. The van der Waals surface area contributed by atoms with E-state index in [-0.39, 0.29) is 43.2 Å². The molecule has 2 aromatic carbocycles. The van der Waals surface area contributed by atoms with Crippen molar-refractivity contribution in [3.05, 3.63) is 109 Å². The van der Waals surface area contributed by atoms with Crippen molar-refractivity contribution in [1.29, 1.82) is 0 Å². The Labute approximate surface area is 264 Å². The molecular weight excluding hydrogens is 688 g/mol. The normalized spacial score (nSPS) is 13.4. The first-order chi connectivity index (χ1) is 20.6. The van der Waals surface area contributed by atoms with Crippen LogP contribution in [0.25, 0.3) is 5.65 Å². The predicted molar refractivity (Wildman–Crippen MR) is 166 cm³/mol. The molecule has 1 saturated carbocycles. The van der Waals surface area contributed by atoms with Crippen LogP contribution in [-0.2, 0) is 31.0 Å². The maximum atomic E-state index is 15.4. The molecule has 0 atom stereocenters. The van der Waals surface area contributed by atoms with Crippen LogP contribution in [0.4, 0.5) is 8.78 Å². The highest BCUT2D eigenvalue weighted by Gasteiger charge is 2.24. The van der Waals surface area contributed by atoms with Gasteiger partial charge in [0, 0.05) is 63.9 Å². The van der Waals surface area contributed by atoms with Crippen molar-refractivity contribution in [2.75, 3.05) is 7.11 Å². The van der Waals surface area contributed by atoms with Crippen molar-refractivity contribution in [3.63, 3.8) is 0 Å². The van der Waals surface area contributed by atoms with Crippen molar-refractivity contribution in [2.24, 2.45) is 11.6 Å². The number of pyridine rings is 1. The number of hydrogen-bond acceptors (Lipinski definition) is 7. The molecule has 0 unspecified atom stereocenters. The molecule has 0 radical (unpaired) electrons. The minimum absolute atomic E-state index is 0.121. The van der Waals surface area contributed by atoms with Crippen molar-refractivity contribution >= 4 is 43.4 Å². The fourth-order valence-electron chi connectivity index (χ4n) is 4.70. The zero-order valence-electron chi connectivity index (χ0n) is 23.3. The van der Waals surface area contributed by atoms with Gasteiger partial charge in [-0.3, -0.25) is 4.79 Å². The third-order valence-electron chi connectivity index (χ3n) is 7.16. The lowest BCUT2D eigenvalue weighted by Gasteiger charge is -2.15. The number of amides is 1. The lowest BCUT2D eigenvalue weighted by atomic mass is 10.1. The van der Waals surface area contributed by atoms with E-state index in [9.17, 15) is 9.18 Å². The average Bonchev–Trinajstić information content (AvgIpc) is 3.75. The number of rotatable bonds is 12. The first-order valence-corrected chi connectivity index (χ1v) is 15.1. The molecule has 2 heterocycles. The average molecular weight is 719 g/mol.